The molecule has 0 bridgehead atoms. The van der Waals surface area contributed by atoms with E-state index in [2.05, 4.69) is 15.5 Å². The lowest BCUT2D eigenvalue weighted by Gasteiger charge is -2.09. The van der Waals surface area contributed by atoms with E-state index in [1.807, 2.05) is 6.92 Å². The van der Waals surface area contributed by atoms with E-state index >= 15 is 0 Å². The summed E-state index contributed by atoms with van der Waals surface area (Å²) in [6.07, 6.45) is 0.895. The highest BCUT2D eigenvalue weighted by Gasteiger charge is 2.13. The van der Waals surface area contributed by atoms with Gasteiger partial charge < -0.3 is 10.1 Å². The van der Waals surface area contributed by atoms with Crippen LogP contribution in [0.25, 0.3) is 0 Å². The number of nitrogens with one attached hydrogen (secondary N) is 1. The minimum atomic E-state index is -0.382. The van der Waals surface area contributed by atoms with Gasteiger partial charge in [0.2, 0.25) is 9.47 Å². The molecule has 106 valence electrons. The van der Waals surface area contributed by atoms with Crippen molar-refractivity contribution in [3.63, 3.8) is 0 Å². The number of amides is 1. The SMILES string of the molecule is CCCOc1ccc(NC(=O)c2nnc(Cl)s2)cc1Cl. The van der Waals surface area contributed by atoms with Crippen LogP contribution in [0.2, 0.25) is 9.49 Å². The van der Waals surface area contributed by atoms with Crippen LogP contribution in [-0.2, 0) is 0 Å². The Balaban J connectivity index is 2.06. The third-order valence-corrected chi connectivity index (χ3v) is 3.56. The molecule has 1 N–H and O–H groups in total. The lowest BCUT2D eigenvalue weighted by atomic mass is 10.3. The molecule has 1 heterocycles. The van der Waals surface area contributed by atoms with Crippen LogP contribution < -0.4 is 10.1 Å². The summed E-state index contributed by atoms with van der Waals surface area (Å²) in [5.74, 6) is 0.207. The van der Waals surface area contributed by atoms with E-state index in [1.165, 1.54) is 0 Å². The summed E-state index contributed by atoms with van der Waals surface area (Å²) in [6, 6.07) is 5.03. The molecule has 0 aliphatic carbocycles. The number of hydrogen-bond acceptors (Lipinski definition) is 5. The van der Waals surface area contributed by atoms with Gasteiger partial charge in [-0.1, -0.05) is 29.9 Å². The van der Waals surface area contributed by atoms with Crippen molar-refractivity contribution in [2.45, 2.75) is 13.3 Å². The van der Waals surface area contributed by atoms with Gasteiger partial charge in [0.05, 0.1) is 11.6 Å². The maximum Gasteiger partial charge on any atom is 0.286 e. The third-order valence-electron chi connectivity index (χ3n) is 2.25. The van der Waals surface area contributed by atoms with E-state index in [0.29, 0.717) is 23.1 Å². The number of carbonyl (C=O) groups is 1. The molecule has 2 rings (SSSR count). The molecule has 20 heavy (non-hydrogen) atoms. The Hall–Kier alpha value is -1.37. The van der Waals surface area contributed by atoms with Crippen LogP contribution in [0.15, 0.2) is 18.2 Å². The van der Waals surface area contributed by atoms with E-state index in [-0.39, 0.29) is 15.4 Å². The van der Waals surface area contributed by atoms with Crippen molar-refractivity contribution < 1.29 is 9.53 Å². The van der Waals surface area contributed by atoms with E-state index in [4.69, 9.17) is 27.9 Å². The number of rotatable bonds is 5. The topological polar surface area (TPSA) is 64.1 Å². The van der Waals surface area contributed by atoms with Crippen LogP contribution in [0.3, 0.4) is 0 Å². The fourth-order valence-electron chi connectivity index (χ4n) is 1.39. The maximum atomic E-state index is 11.9. The molecule has 0 aliphatic heterocycles. The molecule has 5 nitrogen and oxygen atoms in total. The second kappa shape index (κ2) is 6.88. The molecular formula is C12H11Cl2N3O2S. The van der Waals surface area contributed by atoms with Crippen molar-refractivity contribution in [2.24, 2.45) is 0 Å². The fraction of sp³-hybridized carbons (Fsp3) is 0.250. The first-order valence-electron chi connectivity index (χ1n) is 5.83. The van der Waals surface area contributed by atoms with Gasteiger partial charge in [-0.25, -0.2) is 0 Å². The molecule has 0 atom stereocenters. The number of carbonyl (C=O) groups excluding carboxylic acids is 1. The predicted octanol–water partition coefficient (Wildman–Crippen LogP) is 3.89. The van der Waals surface area contributed by atoms with Gasteiger partial charge >= 0.3 is 0 Å². The standard InChI is InChI=1S/C12H11Cl2N3O2S/c1-2-5-19-9-4-3-7(6-8(9)13)15-10(18)11-16-17-12(14)20-11/h3-4,6H,2,5H2,1H3,(H,15,18). The molecule has 2 aromatic rings. The molecule has 0 saturated heterocycles. The van der Waals surface area contributed by atoms with Crippen molar-refractivity contribution in [3.05, 3.63) is 32.7 Å². The van der Waals surface area contributed by atoms with E-state index in [0.717, 1.165) is 17.8 Å². The zero-order chi connectivity index (χ0) is 14.5. The summed E-state index contributed by atoms with van der Waals surface area (Å²) in [6.45, 7) is 2.60. The van der Waals surface area contributed by atoms with E-state index in [1.54, 1.807) is 18.2 Å². The Morgan fingerprint density at radius 1 is 1.40 bits per heavy atom. The average molecular weight is 332 g/mol. The Morgan fingerprint density at radius 2 is 2.20 bits per heavy atom. The van der Waals surface area contributed by atoms with E-state index < -0.39 is 0 Å². The van der Waals surface area contributed by atoms with Crippen LogP contribution in [0.1, 0.15) is 23.1 Å². The predicted molar refractivity (Wildman–Crippen MR) is 80.1 cm³/mol. The molecule has 0 spiro atoms. The van der Waals surface area contributed by atoms with Crippen molar-refractivity contribution in [1.82, 2.24) is 10.2 Å². The molecule has 1 amide bonds. The monoisotopic (exact) mass is 331 g/mol. The molecule has 0 aliphatic rings. The molecule has 0 saturated carbocycles. The van der Waals surface area contributed by atoms with Crippen molar-refractivity contribution in [3.8, 4) is 5.75 Å². The third kappa shape index (κ3) is 3.82. The largest absolute Gasteiger partial charge is 0.492 e. The lowest BCUT2D eigenvalue weighted by molar-refractivity contribution is 0.102. The highest BCUT2D eigenvalue weighted by atomic mass is 35.5. The highest BCUT2D eigenvalue weighted by molar-refractivity contribution is 7.17. The number of hydrogen-bond donors (Lipinski definition) is 1. The van der Waals surface area contributed by atoms with E-state index in [9.17, 15) is 4.79 Å². The zero-order valence-electron chi connectivity index (χ0n) is 10.5. The molecular weight excluding hydrogens is 321 g/mol. The fourth-order valence-corrected chi connectivity index (χ4v) is 2.35. The number of benzene rings is 1. The number of nitrogens with zero attached hydrogens (tertiary/aromatic N) is 2. The Morgan fingerprint density at radius 3 is 2.80 bits per heavy atom. The van der Waals surface area contributed by atoms with Crippen molar-refractivity contribution in [1.29, 1.82) is 0 Å². The summed E-state index contributed by atoms with van der Waals surface area (Å²) in [5.41, 5.74) is 0.551. The van der Waals surface area contributed by atoms with Gasteiger partial charge in [-0.05, 0) is 36.2 Å². The number of anilines is 1. The molecule has 0 unspecified atom stereocenters. The number of halogens is 2. The van der Waals surface area contributed by atoms with Crippen molar-refractivity contribution in [2.75, 3.05) is 11.9 Å². The first-order valence-corrected chi connectivity index (χ1v) is 7.40. The lowest BCUT2D eigenvalue weighted by Crippen LogP contribution is -2.11. The minimum absolute atomic E-state index is 0.192. The van der Waals surface area contributed by atoms with Gasteiger partial charge in [0.15, 0.2) is 0 Å². The van der Waals surface area contributed by atoms with Crippen molar-refractivity contribution >= 4 is 46.1 Å². The summed E-state index contributed by atoms with van der Waals surface area (Å²) in [7, 11) is 0. The number of ether oxygens (including phenoxy) is 1. The Bertz CT molecular complexity index is 618. The summed E-state index contributed by atoms with van der Waals surface area (Å²) in [5, 5.41) is 10.5. The van der Waals surface area contributed by atoms with Gasteiger partial charge in [-0.3, -0.25) is 4.79 Å². The second-order valence-corrected chi connectivity index (χ2v) is 5.77. The van der Waals surface area contributed by atoms with Crippen LogP contribution >= 0.6 is 34.5 Å². The van der Waals surface area contributed by atoms with Gasteiger partial charge in [-0.15, -0.1) is 10.2 Å². The summed E-state index contributed by atoms with van der Waals surface area (Å²) in [4.78, 5) is 11.9. The average Bonchev–Trinajstić information content (AvgIpc) is 2.85. The minimum Gasteiger partial charge on any atom is -0.492 e. The summed E-state index contributed by atoms with van der Waals surface area (Å²) >= 11 is 12.7. The van der Waals surface area contributed by atoms with Gasteiger partial charge in [0.25, 0.3) is 5.91 Å². The summed E-state index contributed by atoms with van der Waals surface area (Å²) < 4.78 is 5.67. The smallest absolute Gasteiger partial charge is 0.286 e. The quantitative estimate of drug-likeness (QED) is 0.902. The molecule has 1 aromatic carbocycles. The van der Waals surface area contributed by atoms with Crippen LogP contribution in [0, 0.1) is 0 Å². The Labute approximate surface area is 129 Å². The van der Waals surface area contributed by atoms with Gasteiger partial charge in [-0.2, -0.15) is 0 Å². The van der Waals surface area contributed by atoms with Crippen LogP contribution in [0.4, 0.5) is 5.69 Å². The van der Waals surface area contributed by atoms with Gasteiger partial charge in [0.1, 0.15) is 5.75 Å². The maximum absolute atomic E-state index is 11.9. The molecule has 8 heteroatoms. The first kappa shape index (κ1) is 15.0. The molecule has 0 fully saturated rings. The highest BCUT2D eigenvalue weighted by Crippen LogP contribution is 2.28. The zero-order valence-corrected chi connectivity index (χ0v) is 12.8. The van der Waals surface area contributed by atoms with Crippen LogP contribution in [0.5, 0.6) is 5.75 Å². The number of aromatic nitrogens is 2. The molecule has 0 radical (unpaired) electrons. The second-order valence-electron chi connectivity index (χ2n) is 3.81. The Kier molecular flexibility index (Phi) is 5.17. The van der Waals surface area contributed by atoms with Gasteiger partial charge in [0, 0.05) is 5.69 Å². The first-order chi connectivity index (χ1) is 9.60. The molecule has 1 aromatic heterocycles. The normalized spacial score (nSPS) is 10.3. The van der Waals surface area contributed by atoms with Crippen LogP contribution in [-0.4, -0.2) is 22.7 Å².